The van der Waals surface area contributed by atoms with E-state index in [4.69, 9.17) is 18.9 Å². The predicted octanol–water partition coefficient (Wildman–Crippen LogP) is 4.82. The number of rotatable bonds is 11. The lowest BCUT2D eigenvalue weighted by molar-refractivity contribution is -0.243. The maximum atomic E-state index is 11.1. The second-order valence-corrected chi connectivity index (χ2v) is 9.23. The van der Waals surface area contributed by atoms with Gasteiger partial charge in [-0.25, -0.2) is 0 Å². The van der Waals surface area contributed by atoms with E-state index in [9.17, 15) is 5.11 Å². The Morgan fingerprint density at radius 1 is 0.706 bits per heavy atom. The Hall–Kier alpha value is -2.19. The molecule has 3 aromatic rings. The van der Waals surface area contributed by atoms with E-state index in [1.165, 1.54) is 11.8 Å². The minimum Gasteiger partial charge on any atom is -0.387 e. The second kappa shape index (κ2) is 13.0. The molecule has 5 atom stereocenters. The SMILES string of the molecule is CS[C@H]1OC(COCc2ccccc2)[C@@H](OCc2ccccc2)[C@@H](OCc2ccccc2)C1O. The summed E-state index contributed by atoms with van der Waals surface area (Å²) in [6, 6.07) is 30.0. The number of aliphatic hydroxyl groups excluding tert-OH is 1. The first-order valence-electron chi connectivity index (χ1n) is 11.5. The quantitative estimate of drug-likeness (QED) is 0.425. The normalized spacial score (nSPS) is 24.7. The third-order valence-electron chi connectivity index (χ3n) is 5.81. The van der Waals surface area contributed by atoms with Gasteiger partial charge in [0.1, 0.15) is 29.9 Å². The Balaban J connectivity index is 1.48. The highest BCUT2D eigenvalue weighted by Gasteiger charge is 2.46. The minimum atomic E-state index is -0.829. The van der Waals surface area contributed by atoms with Gasteiger partial charge in [-0.3, -0.25) is 0 Å². The van der Waals surface area contributed by atoms with E-state index < -0.39 is 23.7 Å². The van der Waals surface area contributed by atoms with Crippen LogP contribution in [0.25, 0.3) is 0 Å². The lowest BCUT2D eigenvalue weighted by Gasteiger charge is -2.44. The van der Waals surface area contributed by atoms with Crippen LogP contribution in [0.15, 0.2) is 91.0 Å². The number of benzene rings is 3. The van der Waals surface area contributed by atoms with Crippen LogP contribution in [-0.4, -0.2) is 47.8 Å². The first kappa shape index (κ1) is 24.9. The summed E-state index contributed by atoms with van der Waals surface area (Å²) < 4.78 is 24.9. The van der Waals surface area contributed by atoms with Crippen molar-refractivity contribution in [2.24, 2.45) is 0 Å². The van der Waals surface area contributed by atoms with Gasteiger partial charge in [-0.15, -0.1) is 11.8 Å². The summed E-state index contributed by atoms with van der Waals surface area (Å²) in [5, 5.41) is 11.1. The second-order valence-electron chi connectivity index (χ2n) is 8.29. The molecular formula is C28H32O5S. The van der Waals surface area contributed by atoms with Crippen LogP contribution in [0.4, 0.5) is 0 Å². The van der Waals surface area contributed by atoms with Gasteiger partial charge >= 0.3 is 0 Å². The number of thioether (sulfide) groups is 1. The van der Waals surface area contributed by atoms with E-state index in [2.05, 4.69) is 0 Å². The van der Waals surface area contributed by atoms with Crippen molar-refractivity contribution in [3.63, 3.8) is 0 Å². The molecule has 4 rings (SSSR count). The summed E-state index contributed by atoms with van der Waals surface area (Å²) >= 11 is 1.47. The highest BCUT2D eigenvalue weighted by Crippen LogP contribution is 2.32. The molecular weight excluding hydrogens is 448 g/mol. The molecule has 0 aromatic heterocycles. The Bertz CT molecular complexity index is 956. The van der Waals surface area contributed by atoms with Crippen LogP contribution in [0, 0.1) is 0 Å². The smallest absolute Gasteiger partial charge is 0.132 e. The largest absolute Gasteiger partial charge is 0.387 e. The van der Waals surface area contributed by atoms with Crippen LogP contribution in [-0.2, 0) is 38.8 Å². The molecule has 34 heavy (non-hydrogen) atoms. The Labute approximate surface area is 206 Å². The molecule has 0 amide bonds. The van der Waals surface area contributed by atoms with Gasteiger partial charge in [-0.2, -0.15) is 0 Å². The van der Waals surface area contributed by atoms with Crippen molar-refractivity contribution in [1.29, 1.82) is 0 Å². The van der Waals surface area contributed by atoms with Crippen molar-refractivity contribution in [1.82, 2.24) is 0 Å². The zero-order chi connectivity index (χ0) is 23.6. The van der Waals surface area contributed by atoms with Gasteiger partial charge in [0.25, 0.3) is 0 Å². The highest BCUT2D eigenvalue weighted by molar-refractivity contribution is 7.99. The zero-order valence-electron chi connectivity index (χ0n) is 19.4. The van der Waals surface area contributed by atoms with E-state index in [0.717, 1.165) is 16.7 Å². The van der Waals surface area contributed by atoms with Gasteiger partial charge in [-0.05, 0) is 22.9 Å². The Morgan fingerprint density at radius 3 is 1.68 bits per heavy atom. The molecule has 0 radical (unpaired) electrons. The van der Waals surface area contributed by atoms with E-state index in [0.29, 0.717) is 26.4 Å². The first-order valence-corrected chi connectivity index (χ1v) is 12.8. The number of hydrogen-bond acceptors (Lipinski definition) is 6. The lowest BCUT2D eigenvalue weighted by Crippen LogP contribution is -2.59. The molecule has 5 nitrogen and oxygen atoms in total. The summed E-state index contributed by atoms with van der Waals surface area (Å²) in [6.45, 7) is 1.59. The molecule has 1 aliphatic heterocycles. The fourth-order valence-corrected chi connectivity index (χ4v) is 4.70. The molecule has 1 fully saturated rings. The fraction of sp³-hybridized carbons (Fsp3) is 0.357. The third kappa shape index (κ3) is 6.92. The molecule has 0 spiro atoms. The van der Waals surface area contributed by atoms with Gasteiger partial charge in [0, 0.05) is 0 Å². The predicted molar refractivity (Wildman–Crippen MR) is 134 cm³/mol. The minimum absolute atomic E-state index is 0.337. The van der Waals surface area contributed by atoms with Crippen LogP contribution in [0.3, 0.4) is 0 Å². The average Bonchev–Trinajstić information content (AvgIpc) is 2.89. The monoisotopic (exact) mass is 480 g/mol. The van der Waals surface area contributed by atoms with Crippen LogP contribution >= 0.6 is 11.8 Å². The van der Waals surface area contributed by atoms with Gasteiger partial charge in [0.2, 0.25) is 0 Å². The van der Waals surface area contributed by atoms with Gasteiger partial charge in [0.15, 0.2) is 0 Å². The topological polar surface area (TPSA) is 57.2 Å². The molecule has 1 saturated heterocycles. The summed E-state index contributed by atoms with van der Waals surface area (Å²) in [7, 11) is 0. The zero-order valence-corrected chi connectivity index (χ0v) is 20.2. The Morgan fingerprint density at radius 2 is 1.18 bits per heavy atom. The number of hydrogen-bond donors (Lipinski definition) is 1. The molecule has 1 aliphatic rings. The Kier molecular flexibility index (Phi) is 9.56. The average molecular weight is 481 g/mol. The van der Waals surface area contributed by atoms with Gasteiger partial charge in [0.05, 0.1) is 26.4 Å². The molecule has 0 saturated carbocycles. The summed E-state index contributed by atoms with van der Waals surface area (Å²) in [5.74, 6) is 0. The third-order valence-corrected chi connectivity index (χ3v) is 6.67. The van der Waals surface area contributed by atoms with E-state index >= 15 is 0 Å². The van der Waals surface area contributed by atoms with Crippen LogP contribution in [0.2, 0.25) is 0 Å². The van der Waals surface area contributed by atoms with Crippen molar-refractivity contribution in [2.45, 2.75) is 49.7 Å². The summed E-state index contributed by atoms with van der Waals surface area (Å²) in [5.41, 5.74) is 2.76. The van der Waals surface area contributed by atoms with Crippen molar-refractivity contribution >= 4 is 11.8 Å². The summed E-state index contributed by atoms with van der Waals surface area (Å²) in [4.78, 5) is 0. The van der Waals surface area contributed by atoms with Crippen LogP contribution in [0.1, 0.15) is 16.7 Å². The molecule has 3 aromatic carbocycles. The van der Waals surface area contributed by atoms with Gasteiger partial charge < -0.3 is 24.1 Å². The van der Waals surface area contributed by atoms with Crippen LogP contribution in [0.5, 0.6) is 0 Å². The highest BCUT2D eigenvalue weighted by atomic mass is 32.2. The first-order chi connectivity index (χ1) is 16.7. The maximum Gasteiger partial charge on any atom is 0.132 e. The van der Waals surface area contributed by atoms with Crippen molar-refractivity contribution in [3.05, 3.63) is 108 Å². The van der Waals surface area contributed by atoms with E-state index in [1.54, 1.807) is 0 Å². The standard InChI is InChI=1S/C28H32O5S/c1-34-28-25(29)27(32-19-23-15-9-4-10-16-23)26(31-18-22-13-7-3-8-14-22)24(33-28)20-30-17-21-11-5-2-6-12-21/h2-16,24-29H,17-20H2,1H3/t24?,25?,26-,27+,28-/m1/s1. The lowest BCUT2D eigenvalue weighted by atomic mass is 9.99. The van der Waals surface area contributed by atoms with E-state index in [-0.39, 0.29) is 6.10 Å². The molecule has 0 aliphatic carbocycles. The van der Waals surface area contributed by atoms with Crippen molar-refractivity contribution in [2.75, 3.05) is 12.9 Å². The van der Waals surface area contributed by atoms with Crippen molar-refractivity contribution < 1.29 is 24.1 Å². The molecule has 2 unspecified atom stereocenters. The molecule has 6 heteroatoms. The van der Waals surface area contributed by atoms with Crippen molar-refractivity contribution in [3.8, 4) is 0 Å². The maximum absolute atomic E-state index is 11.1. The molecule has 180 valence electrons. The fourth-order valence-electron chi connectivity index (χ4n) is 4.02. The van der Waals surface area contributed by atoms with E-state index in [1.807, 2.05) is 97.3 Å². The van der Waals surface area contributed by atoms with Crippen LogP contribution < -0.4 is 0 Å². The molecule has 0 bridgehead atoms. The molecule has 1 heterocycles. The number of aliphatic hydroxyl groups is 1. The number of ether oxygens (including phenoxy) is 4. The van der Waals surface area contributed by atoms with Gasteiger partial charge in [-0.1, -0.05) is 91.0 Å². The molecule has 1 N–H and O–H groups in total. The summed E-state index contributed by atoms with van der Waals surface area (Å²) in [6.07, 6.45) is -0.327.